The van der Waals surface area contributed by atoms with E-state index in [9.17, 15) is 4.79 Å². The van der Waals surface area contributed by atoms with E-state index in [1.807, 2.05) is 37.2 Å². The van der Waals surface area contributed by atoms with Gasteiger partial charge in [0.25, 0.3) is 0 Å². The number of hydrogen-bond acceptors (Lipinski definition) is 3. The minimum absolute atomic E-state index is 0. The number of halogens is 1. The molecule has 1 aliphatic rings. The highest BCUT2D eigenvalue weighted by Crippen LogP contribution is 2.31. The molecule has 1 aliphatic heterocycles. The molecule has 2 heterocycles. The lowest BCUT2D eigenvalue weighted by Gasteiger charge is -2.36. The van der Waals surface area contributed by atoms with Crippen LogP contribution in [0.2, 0.25) is 0 Å². The topological polar surface area (TPSA) is 32.3 Å². The van der Waals surface area contributed by atoms with E-state index in [0.717, 1.165) is 43.3 Å². The first-order chi connectivity index (χ1) is 9.05. The predicted molar refractivity (Wildman–Crippen MR) is 87.8 cm³/mol. The Labute approximate surface area is 132 Å². The summed E-state index contributed by atoms with van der Waals surface area (Å²) in [5, 5.41) is 5.28. The Bertz CT molecular complexity index is 412. The van der Waals surface area contributed by atoms with Gasteiger partial charge >= 0.3 is 0 Å². The Morgan fingerprint density at radius 3 is 2.60 bits per heavy atom. The molecule has 1 fully saturated rings. The Kier molecular flexibility index (Phi) is 6.49. The molecule has 1 N–H and O–H groups in total. The van der Waals surface area contributed by atoms with E-state index in [-0.39, 0.29) is 23.7 Å². The summed E-state index contributed by atoms with van der Waals surface area (Å²) in [6.45, 7) is 6.96. The van der Waals surface area contributed by atoms with Crippen molar-refractivity contribution in [2.75, 3.05) is 26.7 Å². The zero-order chi connectivity index (χ0) is 13.9. The average Bonchev–Trinajstić information content (AvgIpc) is 2.94. The van der Waals surface area contributed by atoms with Crippen molar-refractivity contribution in [3.63, 3.8) is 0 Å². The van der Waals surface area contributed by atoms with E-state index >= 15 is 0 Å². The van der Waals surface area contributed by atoms with Gasteiger partial charge in [0.2, 0.25) is 5.91 Å². The van der Waals surface area contributed by atoms with E-state index in [0.29, 0.717) is 0 Å². The van der Waals surface area contributed by atoms with Gasteiger partial charge < -0.3 is 10.2 Å². The zero-order valence-electron chi connectivity index (χ0n) is 12.5. The highest BCUT2D eigenvalue weighted by Gasteiger charge is 2.35. The predicted octanol–water partition coefficient (Wildman–Crippen LogP) is 2.91. The summed E-state index contributed by atoms with van der Waals surface area (Å²) in [5.74, 6) is 0.997. The smallest absolute Gasteiger partial charge is 0.233 e. The van der Waals surface area contributed by atoms with Crippen molar-refractivity contribution >= 4 is 29.7 Å². The molecular weight excluding hydrogens is 292 g/mol. The third-order valence-electron chi connectivity index (χ3n) is 4.07. The van der Waals surface area contributed by atoms with Crippen molar-refractivity contribution in [2.45, 2.75) is 32.1 Å². The van der Waals surface area contributed by atoms with E-state index in [4.69, 9.17) is 0 Å². The fourth-order valence-electron chi connectivity index (χ4n) is 2.76. The molecule has 0 spiro atoms. The highest BCUT2D eigenvalue weighted by molar-refractivity contribution is 7.10. The molecule has 0 radical (unpaired) electrons. The van der Waals surface area contributed by atoms with Crippen molar-refractivity contribution in [3.8, 4) is 0 Å². The third-order valence-corrected chi connectivity index (χ3v) is 5.26. The van der Waals surface area contributed by atoms with Crippen LogP contribution in [0, 0.1) is 5.92 Å². The van der Waals surface area contributed by atoms with E-state index in [1.165, 1.54) is 0 Å². The van der Waals surface area contributed by atoms with E-state index in [2.05, 4.69) is 11.4 Å². The number of thiophene rings is 1. The minimum atomic E-state index is -0.385. The number of nitrogens with zero attached hydrogens (tertiary/aromatic N) is 1. The molecule has 3 nitrogen and oxygen atoms in total. The van der Waals surface area contributed by atoms with Crippen LogP contribution in [0.3, 0.4) is 0 Å². The van der Waals surface area contributed by atoms with Crippen LogP contribution in [0.5, 0.6) is 0 Å². The molecule has 114 valence electrons. The molecule has 0 aromatic carbocycles. The summed E-state index contributed by atoms with van der Waals surface area (Å²) >= 11 is 1.67. The number of nitrogens with one attached hydrogen (secondary N) is 1. The number of amides is 1. The highest BCUT2D eigenvalue weighted by atomic mass is 35.5. The van der Waals surface area contributed by atoms with Gasteiger partial charge in [-0.15, -0.1) is 23.7 Å². The number of hydrogen-bond donors (Lipinski definition) is 1. The van der Waals surface area contributed by atoms with Crippen LogP contribution in [0.15, 0.2) is 17.5 Å². The van der Waals surface area contributed by atoms with Gasteiger partial charge in [0, 0.05) is 18.0 Å². The summed E-state index contributed by atoms with van der Waals surface area (Å²) < 4.78 is 0. The lowest BCUT2D eigenvalue weighted by Crippen LogP contribution is -2.47. The molecule has 5 heteroatoms. The minimum Gasteiger partial charge on any atom is -0.342 e. The second-order valence-electron chi connectivity index (χ2n) is 5.90. The second-order valence-corrected chi connectivity index (χ2v) is 6.84. The van der Waals surface area contributed by atoms with Crippen molar-refractivity contribution < 1.29 is 4.79 Å². The van der Waals surface area contributed by atoms with Gasteiger partial charge in [-0.3, -0.25) is 4.79 Å². The number of carbonyl (C=O) groups is 1. The van der Waals surface area contributed by atoms with Crippen LogP contribution < -0.4 is 5.32 Å². The lowest BCUT2D eigenvalue weighted by atomic mass is 9.87. The zero-order valence-corrected chi connectivity index (χ0v) is 14.1. The molecule has 1 aromatic heterocycles. The Morgan fingerprint density at radius 1 is 1.45 bits per heavy atom. The second kappa shape index (κ2) is 7.43. The Balaban J connectivity index is 0.00000200. The molecule has 0 bridgehead atoms. The molecule has 0 aliphatic carbocycles. The first kappa shape index (κ1) is 17.5. The summed E-state index contributed by atoms with van der Waals surface area (Å²) in [5.41, 5.74) is -0.385. The van der Waals surface area contributed by atoms with Gasteiger partial charge in [-0.05, 0) is 57.6 Å². The number of piperidine rings is 1. The molecule has 0 saturated carbocycles. The van der Waals surface area contributed by atoms with Crippen LogP contribution in [0.1, 0.15) is 31.6 Å². The molecule has 1 amide bonds. The van der Waals surface area contributed by atoms with Crippen molar-refractivity contribution in [3.05, 3.63) is 22.4 Å². The summed E-state index contributed by atoms with van der Waals surface area (Å²) in [7, 11) is 2.00. The third kappa shape index (κ3) is 3.74. The molecule has 20 heavy (non-hydrogen) atoms. The normalized spacial score (nSPS) is 16.9. The largest absolute Gasteiger partial charge is 0.342 e. The van der Waals surface area contributed by atoms with Gasteiger partial charge in [0.05, 0.1) is 5.41 Å². The van der Waals surface area contributed by atoms with Crippen LogP contribution in [0.4, 0.5) is 0 Å². The average molecular weight is 317 g/mol. The summed E-state index contributed by atoms with van der Waals surface area (Å²) in [6.07, 6.45) is 2.24. The van der Waals surface area contributed by atoms with Crippen LogP contribution in [-0.2, 0) is 10.2 Å². The number of likely N-dealkylation sites (tertiary alicyclic amines) is 1. The number of carbonyl (C=O) groups excluding carboxylic acids is 1. The molecular formula is C15H25ClN2OS. The first-order valence-electron chi connectivity index (χ1n) is 7.03. The van der Waals surface area contributed by atoms with Crippen LogP contribution in [0.25, 0.3) is 0 Å². The van der Waals surface area contributed by atoms with Gasteiger partial charge in [0.15, 0.2) is 0 Å². The maximum absolute atomic E-state index is 12.7. The molecule has 0 unspecified atom stereocenters. The molecule has 2 rings (SSSR count). The van der Waals surface area contributed by atoms with E-state index < -0.39 is 0 Å². The maximum atomic E-state index is 12.7. The molecule has 1 saturated heterocycles. The SMILES string of the molecule is CNCC1CCN(C(=O)C(C)(C)c2cccs2)CC1.Cl. The molecule has 1 aromatic rings. The quantitative estimate of drug-likeness (QED) is 0.926. The van der Waals surface area contributed by atoms with Gasteiger partial charge in [-0.1, -0.05) is 6.07 Å². The summed E-state index contributed by atoms with van der Waals surface area (Å²) in [4.78, 5) is 15.9. The summed E-state index contributed by atoms with van der Waals surface area (Å²) in [6, 6.07) is 4.09. The fraction of sp³-hybridized carbons (Fsp3) is 0.667. The monoisotopic (exact) mass is 316 g/mol. The van der Waals surface area contributed by atoms with Gasteiger partial charge in [-0.2, -0.15) is 0 Å². The molecule has 0 atom stereocenters. The van der Waals surface area contributed by atoms with Crippen LogP contribution >= 0.6 is 23.7 Å². The maximum Gasteiger partial charge on any atom is 0.233 e. The van der Waals surface area contributed by atoms with Crippen LogP contribution in [-0.4, -0.2) is 37.5 Å². The van der Waals surface area contributed by atoms with E-state index in [1.54, 1.807) is 11.3 Å². The Hall–Kier alpha value is -0.580. The Morgan fingerprint density at radius 2 is 2.10 bits per heavy atom. The van der Waals surface area contributed by atoms with Gasteiger partial charge in [0.1, 0.15) is 0 Å². The van der Waals surface area contributed by atoms with Crippen molar-refractivity contribution in [2.24, 2.45) is 5.92 Å². The van der Waals surface area contributed by atoms with Gasteiger partial charge in [-0.25, -0.2) is 0 Å². The van der Waals surface area contributed by atoms with Crippen molar-refractivity contribution in [1.82, 2.24) is 10.2 Å². The standard InChI is InChI=1S/C15H24N2OS.ClH/c1-15(2,13-5-4-10-19-13)14(18)17-8-6-12(7-9-17)11-16-3;/h4-5,10,12,16H,6-9,11H2,1-3H3;1H. The van der Waals surface area contributed by atoms with Crippen molar-refractivity contribution in [1.29, 1.82) is 0 Å². The fourth-order valence-corrected chi connectivity index (χ4v) is 3.61. The number of rotatable bonds is 4. The lowest BCUT2D eigenvalue weighted by molar-refractivity contribution is -0.137. The first-order valence-corrected chi connectivity index (χ1v) is 7.91.